The minimum absolute atomic E-state index is 0.0465. The predicted octanol–water partition coefficient (Wildman–Crippen LogP) is 4.19. The van der Waals surface area contributed by atoms with Crippen molar-refractivity contribution in [3.8, 4) is 5.75 Å². The van der Waals surface area contributed by atoms with Gasteiger partial charge in [-0.15, -0.1) is 0 Å². The highest BCUT2D eigenvalue weighted by Crippen LogP contribution is 2.28. The number of hydrogen-bond acceptors (Lipinski definition) is 3. The largest absolute Gasteiger partial charge is 0.475 e. The Morgan fingerprint density at radius 2 is 1.96 bits per heavy atom. The zero-order valence-electron chi connectivity index (χ0n) is 14.5. The Labute approximate surface area is 143 Å². The summed E-state index contributed by atoms with van der Waals surface area (Å²) in [6.45, 7) is 2.10. The van der Waals surface area contributed by atoms with Crippen LogP contribution in [0.4, 0.5) is 0 Å². The van der Waals surface area contributed by atoms with E-state index in [2.05, 4.69) is 11.8 Å². The lowest BCUT2D eigenvalue weighted by atomic mass is 10.1. The van der Waals surface area contributed by atoms with Gasteiger partial charge in [-0.2, -0.15) is 0 Å². The average molecular weight is 321 g/mol. The molecule has 3 heteroatoms. The Morgan fingerprint density at radius 1 is 1.17 bits per heavy atom. The van der Waals surface area contributed by atoms with Crippen LogP contribution >= 0.6 is 0 Å². The SMILES string of the molecule is CCC(Oc1cccc(/C=C2\Cc3ccccc3C2=O)c1)N(C)C. The van der Waals surface area contributed by atoms with Gasteiger partial charge in [-0.25, -0.2) is 0 Å². The number of allylic oxidation sites excluding steroid dienone is 1. The van der Waals surface area contributed by atoms with Gasteiger partial charge in [-0.3, -0.25) is 9.69 Å². The fraction of sp³-hybridized carbons (Fsp3) is 0.286. The smallest absolute Gasteiger partial charge is 0.189 e. The van der Waals surface area contributed by atoms with Crippen molar-refractivity contribution < 1.29 is 9.53 Å². The summed E-state index contributed by atoms with van der Waals surface area (Å²) in [5, 5.41) is 0. The molecule has 0 N–H and O–H groups in total. The topological polar surface area (TPSA) is 29.5 Å². The van der Waals surface area contributed by atoms with Crippen LogP contribution in [0.3, 0.4) is 0 Å². The second-order valence-corrected chi connectivity index (χ2v) is 6.35. The highest BCUT2D eigenvalue weighted by molar-refractivity contribution is 6.15. The number of nitrogens with zero attached hydrogens (tertiary/aromatic N) is 1. The van der Waals surface area contributed by atoms with E-state index in [1.807, 2.05) is 68.7 Å². The molecule has 2 aromatic carbocycles. The van der Waals surface area contributed by atoms with E-state index in [1.54, 1.807) is 0 Å². The van der Waals surface area contributed by atoms with Crippen molar-refractivity contribution in [1.82, 2.24) is 4.90 Å². The van der Waals surface area contributed by atoms with Crippen molar-refractivity contribution >= 4 is 11.9 Å². The van der Waals surface area contributed by atoms with E-state index in [1.165, 1.54) is 0 Å². The predicted molar refractivity (Wildman–Crippen MR) is 97.3 cm³/mol. The molecule has 0 fully saturated rings. The Morgan fingerprint density at radius 3 is 2.67 bits per heavy atom. The van der Waals surface area contributed by atoms with Crippen LogP contribution in [0.25, 0.3) is 6.08 Å². The molecule has 3 rings (SSSR count). The molecule has 0 spiro atoms. The first-order chi connectivity index (χ1) is 11.6. The lowest BCUT2D eigenvalue weighted by molar-refractivity contribution is 0.0612. The van der Waals surface area contributed by atoms with Gasteiger partial charge in [0.1, 0.15) is 5.75 Å². The monoisotopic (exact) mass is 321 g/mol. The first kappa shape index (κ1) is 16.5. The van der Waals surface area contributed by atoms with Crippen LogP contribution in [0.5, 0.6) is 5.75 Å². The minimum atomic E-state index is 0.0465. The summed E-state index contributed by atoms with van der Waals surface area (Å²) in [5.41, 5.74) is 3.78. The second kappa shape index (κ2) is 7.02. The fourth-order valence-electron chi connectivity index (χ4n) is 3.06. The van der Waals surface area contributed by atoms with E-state index in [9.17, 15) is 4.79 Å². The highest BCUT2D eigenvalue weighted by atomic mass is 16.5. The lowest BCUT2D eigenvalue weighted by Crippen LogP contribution is -2.32. The molecule has 2 aromatic rings. The van der Waals surface area contributed by atoms with Crippen LogP contribution in [0.1, 0.15) is 34.8 Å². The van der Waals surface area contributed by atoms with Crippen molar-refractivity contribution in [2.75, 3.05) is 14.1 Å². The third kappa shape index (κ3) is 3.41. The number of carbonyl (C=O) groups is 1. The van der Waals surface area contributed by atoms with E-state index in [-0.39, 0.29) is 12.0 Å². The minimum Gasteiger partial charge on any atom is -0.475 e. The summed E-state index contributed by atoms with van der Waals surface area (Å²) in [6, 6.07) is 15.8. The van der Waals surface area contributed by atoms with Crippen LogP contribution < -0.4 is 4.74 Å². The van der Waals surface area contributed by atoms with Gasteiger partial charge in [0.15, 0.2) is 12.0 Å². The van der Waals surface area contributed by atoms with Gasteiger partial charge >= 0.3 is 0 Å². The summed E-state index contributed by atoms with van der Waals surface area (Å²) in [7, 11) is 4.02. The molecule has 0 saturated heterocycles. The summed E-state index contributed by atoms with van der Waals surface area (Å²) in [5.74, 6) is 0.963. The summed E-state index contributed by atoms with van der Waals surface area (Å²) in [6.07, 6.45) is 3.64. The van der Waals surface area contributed by atoms with Crippen molar-refractivity contribution in [2.24, 2.45) is 0 Å². The molecule has 24 heavy (non-hydrogen) atoms. The quantitative estimate of drug-likeness (QED) is 0.611. The number of ether oxygens (including phenoxy) is 1. The molecule has 1 unspecified atom stereocenters. The van der Waals surface area contributed by atoms with Crippen LogP contribution in [-0.2, 0) is 6.42 Å². The number of benzene rings is 2. The molecule has 0 aromatic heterocycles. The Bertz CT molecular complexity index is 777. The number of ketones is 1. The van der Waals surface area contributed by atoms with Gasteiger partial charge in [0.05, 0.1) is 0 Å². The molecule has 1 atom stereocenters. The lowest BCUT2D eigenvalue weighted by Gasteiger charge is -2.24. The van der Waals surface area contributed by atoms with E-state index in [4.69, 9.17) is 4.74 Å². The number of Topliss-reactive ketones (excluding diaryl/α,β-unsaturated/α-hetero) is 1. The first-order valence-electron chi connectivity index (χ1n) is 8.35. The third-order valence-electron chi connectivity index (χ3n) is 4.33. The van der Waals surface area contributed by atoms with Crippen LogP contribution in [0, 0.1) is 0 Å². The maximum absolute atomic E-state index is 12.5. The summed E-state index contributed by atoms with van der Waals surface area (Å²) >= 11 is 0. The van der Waals surface area contributed by atoms with Crippen LogP contribution in [0.15, 0.2) is 54.1 Å². The van der Waals surface area contributed by atoms with E-state index in [0.29, 0.717) is 6.42 Å². The molecule has 3 nitrogen and oxygen atoms in total. The standard InChI is InChI=1S/C21H23NO2/c1-4-20(22(2)3)24-18-10-7-8-15(13-18)12-17-14-16-9-5-6-11-19(16)21(17)23/h5-13,20H,4,14H2,1-3H3/b17-12+. The molecule has 0 aliphatic heterocycles. The molecule has 1 aliphatic rings. The summed E-state index contributed by atoms with van der Waals surface area (Å²) < 4.78 is 6.03. The molecule has 124 valence electrons. The van der Waals surface area contributed by atoms with Gasteiger partial charge in [-0.1, -0.05) is 43.3 Å². The number of hydrogen-bond donors (Lipinski definition) is 0. The van der Waals surface area contributed by atoms with Crippen molar-refractivity contribution in [2.45, 2.75) is 26.0 Å². The molecule has 0 saturated carbocycles. The van der Waals surface area contributed by atoms with Gasteiger partial charge < -0.3 is 4.74 Å². The van der Waals surface area contributed by atoms with E-state index >= 15 is 0 Å². The number of rotatable bonds is 5. The Kier molecular flexibility index (Phi) is 4.81. The average Bonchev–Trinajstić information content (AvgIpc) is 2.89. The van der Waals surface area contributed by atoms with Crippen LogP contribution in [0.2, 0.25) is 0 Å². The highest BCUT2D eigenvalue weighted by Gasteiger charge is 2.23. The van der Waals surface area contributed by atoms with Gasteiger partial charge in [0.2, 0.25) is 0 Å². The molecular formula is C21H23NO2. The Balaban J connectivity index is 1.82. The van der Waals surface area contributed by atoms with E-state index < -0.39 is 0 Å². The molecule has 0 radical (unpaired) electrons. The van der Waals surface area contributed by atoms with Crippen molar-refractivity contribution in [1.29, 1.82) is 0 Å². The Hall–Kier alpha value is -2.39. The molecule has 0 amide bonds. The van der Waals surface area contributed by atoms with Crippen LogP contribution in [-0.4, -0.2) is 31.0 Å². The zero-order chi connectivity index (χ0) is 17.1. The van der Waals surface area contributed by atoms with Crippen molar-refractivity contribution in [3.63, 3.8) is 0 Å². The molecular weight excluding hydrogens is 298 g/mol. The maximum atomic E-state index is 12.5. The van der Waals surface area contributed by atoms with Crippen molar-refractivity contribution in [3.05, 3.63) is 70.8 Å². The van der Waals surface area contributed by atoms with E-state index in [0.717, 1.165) is 34.4 Å². The number of fused-ring (bicyclic) bond motifs is 1. The first-order valence-corrected chi connectivity index (χ1v) is 8.35. The fourth-order valence-corrected chi connectivity index (χ4v) is 3.06. The third-order valence-corrected chi connectivity index (χ3v) is 4.33. The maximum Gasteiger partial charge on any atom is 0.189 e. The van der Waals surface area contributed by atoms with Gasteiger partial charge in [0, 0.05) is 17.6 Å². The summed E-state index contributed by atoms with van der Waals surface area (Å²) in [4.78, 5) is 14.6. The van der Waals surface area contributed by atoms with Gasteiger partial charge in [0.25, 0.3) is 0 Å². The molecule has 0 bridgehead atoms. The number of carbonyl (C=O) groups excluding carboxylic acids is 1. The second-order valence-electron chi connectivity index (χ2n) is 6.35. The zero-order valence-corrected chi connectivity index (χ0v) is 14.5. The van der Waals surface area contributed by atoms with Gasteiger partial charge in [-0.05, 0) is 49.9 Å². The molecule has 0 heterocycles. The normalized spacial score (nSPS) is 16.5. The molecule has 1 aliphatic carbocycles.